The van der Waals surface area contributed by atoms with Crippen molar-refractivity contribution in [1.82, 2.24) is 11.0 Å². The minimum Gasteiger partial charge on any atom is -0.465 e. The molecule has 1 rings (SSSR count). The van der Waals surface area contributed by atoms with Gasteiger partial charge in [-0.25, -0.2) is 10.3 Å². The van der Waals surface area contributed by atoms with Crippen LogP contribution in [0.3, 0.4) is 0 Å². The SMILES string of the molecule is COC(=O)/C(C#N)=C1/N=NNN1. The maximum Gasteiger partial charge on any atom is 0.352 e. The molecular weight excluding hydrogens is 162 g/mol. The fourth-order valence-electron chi connectivity index (χ4n) is 0.588. The Morgan fingerprint density at radius 1 is 1.75 bits per heavy atom. The first kappa shape index (κ1) is 8.00. The summed E-state index contributed by atoms with van der Waals surface area (Å²) in [5.41, 5.74) is 4.44. The monoisotopic (exact) mass is 167 g/mol. The Labute approximate surface area is 67.7 Å². The molecule has 7 nitrogen and oxygen atoms in total. The number of nitrogens with zero attached hydrogens (tertiary/aromatic N) is 3. The zero-order valence-electron chi connectivity index (χ0n) is 6.16. The van der Waals surface area contributed by atoms with Gasteiger partial charge in [-0.3, -0.25) is 5.43 Å². The summed E-state index contributed by atoms with van der Waals surface area (Å²) in [6.45, 7) is 0. The van der Waals surface area contributed by atoms with Crippen LogP contribution in [0, 0.1) is 11.3 Å². The largest absolute Gasteiger partial charge is 0.465 e. The lowest BCUT2D eigenvalue weighted by Crippen LogP contribution is -2.21. The molecule has 0 unspecified atom stereocenters. The van der Waals surface area contributed by atoms with Crippen LogP contribution < -0.4 is 11.0 Å². The predicted molar refractivity (Wildman–Crippen MR) is 35.8 cm³/mol. The summed E-state index contributed by atoms with van der Waals surface area (Å²) in [6.07, 6.45) is 0. The van der Waals surface area contributed by atoms with Gasteiger partial charge in [0.2, 0.25) is 0 Å². The van der Waals surface area contributed by atoms with Gasteiger partial charge in [-0.15, -0.1) is 5.11 Å². The molecule has 0 radical (unpaired) electrons. The molecular formula is C5H5N5O2. The Morgan fingerprint density at radius 3 is 2.92 bits per heavy atom. The van der Waals surface area contributed by atoms with Crippen molar-refractivity contribution >= 4 is 5.97 Å². The van der Waals surface area contributed by atoms with Crippen molar-refractivity contribution in [2.24, 2.45) is 10.3 Å². The lowest BCUT2D eigenvalue weighted by atomic mass is 10.3. The van der Waals surface area contributed by atoms with E-state index in [2.05, 4.69) is 26.0 Å². The van der Waals surface area contributed by atoms with Crippen molar-refractivity contribution in [2.45, 2.75) is 0 Å². The number of hydrazine groups is 1. The van der Waals surface area contributed by atoms with Gasteiger partial charge >= 0.3 is 5.97 Å². The smallest absolute Gasteiger partial charge is 0.352 e. The number of nitriles is 1. The fraction of sp³-hybridized carbons (Fsp3) is 0.200. The van der Waals surface area contributed by atoms with Gasteiger partial charge in [0, 0.05) is 0 Å². The highest BCUT2D eigenvalue weighted by atomic mass is 16.5. The molecule has 0 aromatic heterocycles. The van der Waals surface area contributed by atoms with Crippen LogP contribution >= 0.6 is 0 Å². The molecule has 2 N–H and O–H groups in total. The maximum atomic E-state index is 10.9. The Morgan fingerprint density at radius 2 is 2.50 bits per heavy atom. The first-order chi connectivity index (χ1) is 5.79. The van der Waals surface area contributed by atoms with Gasteiger partial charge in [-0.05, 0) is 0 Å². The van der Waals surface area contributed by atoms with Crippen LogP contribution in [0.15, 0.2) is 21.7 Å². The van der Waals surface area contributed by atoms with E-state index in [0.717, 1.165) is 0 Å². The summed E-state index contributed by atoms with van der Waals surface area (Å²) in [5, 5.41) is 15.2. The van der Waals surface area contributed by atoms with Crippen molar-refractivity contribution in [1.29, 1.82) is 5.26 Å². The highest BCUT2D eigenvalue weighted by Gasteiger charge is 2.17. The summed E-state index contributed by atoms with van der Waals surface area (Å²) >= 11 is 0. The van der Waals surface area contributed by atoms with Gasteiger partial charge in [0.1, 0.15) is 6.07 Å². The lowest BCUT2D eigenvalue weighted by molar-refractivity contribution is -0.135. The van der Waals surface area contributed by atoms with Crippen LogP contribution in [0.4, 0.5) is 0 Å². The summed E-state index contributed by atoms with van der Waals surface area (Å²) in [4.78, 5) is 10.9. The van der Waals surface area contributed by atoms with E-state index in [1.54, 1.807) is 6.07 Å². The second kappa shape index (κ2) is 3.34. The number of hydrogen-bond donors (Lipinski definition) is 2. The number of carbonyl (C=O) groups is 1. The van der Waals surface area contributed by atoms with Crippen molar-refractivity contribution < 1.29 is 9.53 Å². The van der Waals surface area contributed by atoms with Crippen LogP contribution in [0.2, 0.25) is 0 Å². The molecule has 0 amide bonds. The standard InChI is InChI=1S/C5H5N5O2/c1-12-5(11)3(2-6)4-7-9-10-8-4/h1H3,(H,7,10)(H,8,9). The molecule has 0 fully saturated rings. The molecule has 7 heteroatoms. The van der Waals surface area contributed by atoms with Gasteiger partial charge in [0.15, 0.2) is 11.4 Å². The Balaban J connectivity index is 2.95. The third kappa shape index (κ3) is 1.32. The van der Waals surface area contributed by atoms with E-state index in [0.29, 0.717) is 0 Å². The molecule has 0 saturated carbocycles. The number of methoxy groups -OCH3 is 1. The Kier molecular flexibility index (Phi) is 2.23. The lowest BCUT2D eigenvalue weighted by Gasteiger charge is -1.97. The minimum absolute atomic E-state index is 0.0596. The summed E-state index contributed by atoms with van der Waals surface area (Å²) in [6, 6.07) is 1.64. The second-order valence-corrected chi connectivity index (χ2v) is 1.76. The molecule has 0 aromatic rings. The average molecular weight is 167 g/mol. The van der Waals surface area contributed by atoms with Crippen LogP contribution in [-0.4, -0.2) is 13.1 Å². The zero-order valence-corrected chi connectivity index (χ0v) is 6.16. The fourth-order valence-corrected chi connectivity index (χ4v) is 0.588. The van der Waals surface area contributed by atoms with Gasteiger partial charge in [-0.2, -0.15) is 5.26 Å². The quantitative estimate of drug-likeness (QED) is 0.307. The summed E-state index contributed by atoms with van der Waals surface area (Å²) in [5.74, 6) is -0.688. The van der Waals surface area contributed by atoms with Crippen LogP contribution in [-0.2, 0) is 9.53 Å². The van der Waals surface area contributed by atoms with Gasteiger partial charge in [0.25, 0.3) is 0 Å². The molecule has 0 aliphatic carbocycles. The highest BCUT2D eigenvalue weighted by Crippen LogP contribution is 2.06. The molecule has 0 aromatic carbocycles. The first-order valence-corrected chi connectivity index (χ1v) is 2.94. The van der Waals surface area contributed by atoms with E-state index in [-0.39, 0.29) is 11.4 Å². The number of esters is 1. The van der Waals surface area contributed by atoms with Gasteiger partial charge in [0.05, 0.1) is 7.11 Å². The predicted octanol–water partition coefficient (Wildman–Crippen LogP) is -0.630. The van der Waals surface area contributed by atoms with Crippen LogP contribution in [0.25, 0.3) is 0 Å². The molecule has 0 spiro atoms. The molecule has 0 saturated heterocycles. The minimum atomic E-state index is -0.748. The molecule has 1 heterocycles. The molecule has 0 atom stereocenters. The van der Waals surface area contributed by atoms with Crippen molar-refractivity contribution in [3.63, 3.8) is 0 Å². The van der Waals surface area contributed by atoms with E-state index < -0.39 is 5.97 Å². The summed E-state index contributed by atoms with van der Waals surface area (Å²) < 4.78 is 4.33. The normalized spacial score (nSPS) is 17.3. The number of carbonyl (C=O) groups excluding carboxylic acids is 1. The van der Waals surface area contributed by atoms with Crippen molar-refractivity contribution in [3.05, 3.63) is 11.4 Å². The Bertz CT molecular complexity index is 299. The molecule has 12 heavy (non-hydrogen) atoms. The highest BCUT2D eigenvalue weighted by molar-refractivity contribution is 5.93. The van der Waals surface area contributed by atoms with Crippen molar-refractivity contribution in [3.8, 4) is 6.07 Å². The molecule has 1 aliphatic heterocycles. The number of nitrogens with one attached hydrogen (secondary N) is 2. The third-order valence-electron chi connectivity index (χ3n) is 1.11. The second-order valence-electron chi connectivity index (χ2n) is 1.76. The van der Waals surface area contributed by atoms with E-state index in [9.17, 15) is 4.79 Å². The summed E-state index contributed by atoms with van der Waals surface area (Å²) in [7, 11) is 1.18. The van der Waals surface area contributed by atoms with E-state index >= 15 is 0 Å². The molecule has 62 valence electrons. The zero-order chi connectivity index (χ0) is 8.97. The topological polar surface area (TPSA) is 98.9 Å². The van der Waals surface area contributed by atoms with Crippen molar-refractivity contribution in [2.75, 3.05) is 7.11 Å². The first-order valence-electron chi connectivity index (χ1n) is 2.94. The average Bonchev–Trinajstić information content (AvgIpc) is 2.58. The van der Waals surface area contributed by atoms with Crippen LogP contribution in [0.5, 0.6) is 0 Å². The Hall–Kier alpha value is -2.10. The number of ether oxygens (including phenoxy) is 1. The number of rotatable bonds is 1. The third-order valence-corrected chi connectivity index (χ3v) is 1.11. The molecule has 0 bridgehead atoms. The maximum absolute atomic E-state index is 10.9. The van der Waals surface area contributed by atoms with Crippen LogP contribution in [0.1, 0.15) is 0 Å². The number of hydrogen-bond acceptors (Lipinski definition) is 7. The van der Waals surface area contributed by atoms with E-state index in [1.807, 2.05) is 0 Å². The van der Waals surface area contributed by atoms with E-state index in [1.165, 1.54) is 7.11 Å². The van der Waals surface area contributed by atoms with Gasteiger partial charge in [-0.1, -0.05) is 5.22 Å². The van der Waals surface area contributed by atoms with Gasteiger partial charge < -0.3 is 4.74 Å². The molecule has 1 aliphatic rings. The van der Waals surface area contributed by atoms with E-state index in [4.69, 9.17) is 5.26 Å².